The van der Waals surface area contributed by atoms with Crippen molar-refractivity contribution in [3.63, 3.8) is 0 Å². The minimum absolute atomic E-state index is 0.159. The highest BCUT2D eigenvalue weighted by atomic mass is 16.5. The number of methoxy groups -OCH3 is 3. The van der Waals surface area contributed by atoms with Crippen molar-refractivity contribution in [1.82, 2.24) is 4.90 Å². The number of carbonyl (C=O) groups is 2. The van der Waals surface area contributed by atoms with Crippen LogP contribution in [0.1, 0.15) is 31.8 Å². The van der Waals surface area contributed by atoms with Crippen LogP contribution in [0.2, 0.25) is 0 Å². The molecule has 0 spiro atoms. The summed E-state index contributed by atoms with van der Waals surface area (Å²) in [4.78, 5) is 27.1. The molecule has 0 heterocycles. The molecule has 0 radical (unpaired) electrons. The highest BCUT2D eigenvalue weighted by Gasteiger charge is 2.19. The molecule has 0 fully saturated rings. The van der Waals surface area contributed by atoms with Gasteiger partial charge in [0.2, 0.25) is 0 Å². The van der Waals surface area contributed by atoms with Crippen molar-refractivity contribution >= 4 is 11.9 Å². The van der Waals surface area contributed by atoms with Crippen LogP contribution in [0.4, 0.5) is 0 Å². The molecule has 3 rings (SSSR count). The van der Waals surface area contributed by atoms with Crippen LogP contribution in [-0.4, -0.2) is 38.1 Å². The average molecular weight is 419 g/mol. The predicted octanol–water partition coefficient (Wildman–Crippen LogP) is 4.33. The number of hydrogen-bond donors (Lipinski definition) is 0. The van der Waals surface area contributed by atoms with Gasteiger partial charge in [-0.1, -0.05) is 42.5 Å². The molecule has 0 saturated carbocycles. The molecule has 0 bridgehead atoms. The quantitative estimate of drug-likeness (QED) is 0.509. The number of esters is 1. The van der Waals surface area contributed by atoms with Gasteiger partial charge in [0.05, 0.1) is 26.9 Å². The molecule has 3 aromatic rings. The van der Waals surface area contributed by atoms with Crippen molar-refractivity contribution in [3.05, 3.63) is 95.1 Å². The summed E-state index contributed by atoms with van der Waals surface area (Å²) < 4.78 is 15.4. The zero-order chi connectivity index (χ0) is 22.2. The van der Waals surface area contributed by atoms with Crippen LogP contribution in [0, 0.1) is 0 Å². The van der Waals surface area contributed by atoms with E-state index >= 15 is 0 Å². The lowest BCUT2D eigenvalue weighted by Gasteiger charge is -2.24. The van der Waals surface area contributed by atoms with Gasteiger partial charge < -0.3 is 19.1 Å². The molecule has 31 heavy (non-hydrogen) atoms. The van der Waals surface area contributed by atoms with E-state index < -0.39 is 5.97 Å². The number of rotatable bonds is 8. The summed E-state index contributed by atoms with van der Waals surface area (Å²) >= 11 is 0. The van der Waals surface area contributed by atoms with Crippen molar-refractivity contribution in [2.75, 3.05) is 21.3 Å². The van der Waals surface area contributed by atoms with Gasteiger partial charge in [0, 0.05) is 18.7 Å². The molecule has 6 heteroatoms. The Kier molecular flexibility index (Phi) is 7.27. The maximum atomic E-state index is 13.4. The van der Waals surface area contributed by atoms with Gasteiger partial charge >= 0.3 is 5.97 Å². The Morgan fingerprint density at radius 3 is 2.06 bits per heavy atom. The van der Waals surface area contributed by atoms with E-state index in [1.165, 1.54) is 14.2 Å². The van der Waals surface area contributed by atoms with Crippen LogP contribution in [0.15, 0.2) is 72.8 Å². The van der Waals surface area contributed by atoms with Crippen LogP contribution >= 0.6 is 0 Å². The van der Waals surface area contributed by atoms with Crippen LogP contribution in [-0.2, 0) is 17.8 Å². The highest BCUT2D eigenvalue weighted by molar-refractivity contribution is 5.95. The molecule has 0 N–H and O–H groups in total. The molecular formula is C25H25NO5. The first-order chi connectivity index (χ1) is 15.0. The van der Waals surface area contributed by atoms with E-state index in [4.69, 9.17) is 14.2 Å². The molecule has 3 aromatic carbocycles. The normalized spacial score (nSPS) is 10.3. The first-order valence-electron chi connectivity index (χ1n) is 9.78. The van der Waals surface area contributed by atoms with E-state index in [1.807, 2.05) is 36.4 Å². The van der Waals surface area contributed by atoms with Crippen molar-refractivity contribution in [2.45, 2.75) is 13.1 Å². The Morgan fingerprint density at radius 1 is 0.710 bits per heavy atom. The highest BCUT2D eigenvalue weighted by Crippen LogP contribution is 2.28. The first-order valence-corrected chi connectivity index (χ1v) is 9.78. The van der Waals surface area contributed by atoms with Gasteiger partial charge in [-0.15, -0.1) is 0 Å². The third kappa shape index (κ3) is 5.42. The van der Waals surface area contributed by atoms with Gasteiger partial charge in [0.25, 0.3) is 5.91 Å². The van der Waals surface area contributed by atoms with E-state index in [0.717, 1.165) is 11.1 Å². The second-order valence-corrected chi connectivity index (χ2v) is 6.91. The molecule has 0 aliphatic rings. The first kappa shape index (κ1) is 21.9. The summed E-state index contributed by atoms with van der Waals surface area (Å²) in [5.74, 6) is 0.469. The zero-order valence-electron chi connectivity index (χ0n) is 17.8. The third-order valence-corrected chi connectivity index (χ3v) is 4.86. The number of carbonyl (C=O) groups excluding carboxylic acids is 2. The monoisotopic (exact) mass is 419 g/mol. The topological polar surface area (TPSA) is 65.1 Å². The number of nitrogens with zero attached hydrogens (tertiary/aromatic N) is 1. The second kappa shape index (κ2) is 10.3. The lowest BCUT2D eigenvalue weighted by atomic mass is 10.1. The molecule has 0 atom stereocenters. The molecular weight excluding hydrogens is 394 g/mol. The van der Waals surface area contributed by atoms with Crippen LogP contribution in [0.25, 0.3) is 0 Å². The fourth-order valence-electron chi connectivity index (χ4n) is 3.29. The SMILES string of the molecule is COC(=O)c1cccc(CN(Cc2ccccc2)C(=O)c2ccc(OC)c(OC)c2)c1. The van der Waals surface area contributed by atoms with E-state index in [9.17, 15) is 9.59 Å². The fraction of sp³-hybridized carbons (Fsp3) is 0.200. The van der Waals surface area contributed by atoms with Gasteiger partial charge in [0.15, 0.2) is 11.5 Å². The van der Waals surface area contributed by atoms with Crippen LogP contribution in [0.3, 0.4) is 0 Å². The minimum atomic E-state index is -0.414. The summed E-state index contributed by atoms with van der Waals surface area (Å²) in [7, 11) is 4.43. The second-order valence-electron chi connectivity index (χ2n) is 6.91. The minimum Gasteiger partial charge on any atom is -0.493 e. The van der Waals surface area contributed by atoms with Crippen LogP contribution in [0.5, 0.6) is 11.5 Å². The summed E-state index contributed by atoms with van der Waals surface area (Å²) in [6, 6.07) is 21.9. The van der Waals surface area contributed by atoms with Crippen molar-refractivity contribution in [2.24, 2.45) is 0 Å². The molecule has 1 amide bonds. The summed E-state index contributed by atoms with van der Waals surface area (Å²) in [6.07, 6.45) is 0. The Hall–Kier alpha value is -3.80. The number of hydrogen-bond acceptors (Lipinski definition) is 5. The van der Waals surface area contributed by atoms with E-state index in [0.29, 0.717) is 35.7 Å². The van der Waals surface area contributed by atoms with Crippen LogP contribution < -0.4 is 9.47 Å². The average Bonchev–Trinajstić information content (AvgIpc) is 2.83. The molecule has 0 saturated heterocycles. The molecule has 0 aromatic heterocycles. The number of benzene rings is 3. The zero-order valence-corrected chi connectivity index (χ0v) is 17.8. The van der Waals surface area contributed by atoms with Gasteiger partial charge in [-0.25, -0.2) is 4.79 Å². The van der Waals surface area contributed by atoms with Crippen molar-refractivity contribution < 1.29 is 23.8 Å². The maximum absolute atomic E-state index is 13.4. The maximum Gasteiger partial charge on any atom is 0.337 e. The van der Waals surface area contributed by atoms with Gasteiger partial charge in [0.1, 0.15) is 0 Å². The molecule has 6 nitrogen and oxygen atoms in total. The number of amides is 1. The van der Waals surface area contributed by atoms with E-state index in [-0.39, 0.29) is 5.91 Å². The Balaban J connectivity index is 1.93. The fourth-order valence-corrected chi connectivity index (χ4v) is 3.29. The molecule has 0 aliphatic heterocycles. The van der Waals surface area contributed by atoms with Crippen molar-refractivity contribution in [3.8, 4) is 11.5 Å². The lowest BCUT2D eigenvalue weighted by Crippen LogP contribution is -2.30. The Labute approximate surface area is 182 Å². The Morgan fingerprint density at radius 2 is 1.39 bits per heavy atom. The number of ether oxygens (including phenoxy) is 3. The smallest absolute Gasteiger partial charge is 0.337 e. The van der Waals surface area contributed by atoms with Crippen molar-refractivity contribution in [1.29, 1.82) is 0 Å². The molecule has 0 unspecified atom stereocenters. The molecule has 0 aliphatic carbocycles. The van der Waals surface area contributed by atoms with Gasteiger partial charge in [-0.3, -0.25) is 4.79 Å². The third-order valence-electron chi connectivity index (χ3n) is 4.86. The Bertz CT molecular complexity index is 1050. The summed E-state index contributed by atoms with van der Waals surface area (Å²) in [5.41, 5.74) is 2.75. The largest absolute Gasteiger partial charge is 0.493 e. The standard InChI is InChI=1S/C25H25NO5/c1-29-22-13-12-20(15-23(22)30-2)24(27)26(16-18-8-5-4-6-9-18)17-19-10-7-11-21(14-19)25(28)31-3/h4-15H,16-17H2,1-3H3. The summed E-state index contributed by atoms with van der Waals surface area (Å²) in [6.45, 7) is 0.739. The molecule has 160 valence electrons. The van der Waals surface area contributed by atoms with Gasteiger partial charge in [-0.2, -0.15) is 0 Å². The predicted molar refractivity (Wildman–Crippen MR) is 117 cm³/mol. The van der Waals surface area contributed by atoms with E-state index in [1.54, 1.807) is 48.4 Å². The van der Waals surface area contributed by atoms with Gasteiger partial charge in [-0.05, 0) is 41.5 Å². The summed E-state index contributed by atoms with van der Waals surface area (Å²) in [5, 5.41) is 0. The lowest BCUT2D eigenvalue weighted by molar-refractivity contribution is 0.0600. The van der Waals surface area contributed by atoms with E-state index in [2.05, 4.69) is 0 Å².